The highest BCUT2D eigenvalue weighted by atomic mass is 16.5. The largest absolute Gasteiger partial charge is 0.497 e. The van der Waals surface area contributed by atoms with E-state index in [1.807, 2.05) is 49.4 Å². The number of fused-ring (bicyclic) bond motifs is 1. The van der Waals surface area contributed by atoms with Crippen molar-refractivity contribution in [2.75, 3.05) is 12.4 Å². The summed E-state index contributed by atoms with van der Waals surface area (Å²) in [7, 11) is 1.56. The number of ether oxygens (including phenoxy) is 1. The van der Waals surface area contributed by atoms with Gasteiger partial charge in [0.1, 0.15) is 11.3 Å². The molecule has 3 aromatic carbocycles. The van der Waals surface area contributed by atoms with Gasteiger partial charge in [-0.3, -0.25) is 9.59 Å². The second-order valence-corrected chi connectivity index (χ2v) is 7.09. The lowest BCUT2D eigenvalue weighted by Crippen LogP contribution is -2.11. The molecule has 0 radical (unpaired) electrons. The van der Waals surface area contributed by atoms with E-state index in [1.165, 1.54) is 6.08 Å². The lowest BCUT2D eigenvalue weighted by atomic mass is 10.1. The van der Waals surface area contributed by atoms with Gasteiger partial charge in [-0.25, -0.2) is 0 Å². The van der Waals surface area contributed by atoms with Gasteiger partial charge >= 0.3 is 0 Å². The maximum absolute atomic E-state index is 13.1. The van der Waals surface area contributed by atoms with E-state index < -0.39 is 0 Å². The molecule has 1 aromatic heterocycles. The van der Waals surface area contributed by atoms with Crippen LogP contribution in [0.15, 0.2) is 83.3 Å². The van der Waals surface area contributed by atoms with E-state index in [9.17, 15) is 9.59 Å². The van der Waals surface area contributed by atoms with Crippen LogP contribution in [-0.2, 0) is 4.79 Å². The van der Waals surface area contributed by atoms with E-state index >= 15 is 0 Å². The molecular formula is C26H21NO4. The van der Waals surface area contributed by atoms with Crippen molar-refractivity contribution >= 4 is 34.4 Å². The average Bonchev–Trinajstić information content (AvgIpc) is 3.16. The Bertz CT molecular complexity index is 1270. The van der Waals surface area contributed by atoms with Crippen molar-refractivity contribution in [2.45, 2.75) is 6.92 Å². The second-order valence-electron chi connectivity index (χ2n) is 7.09. The topological polar surface area (TPSA) is 68.5 Å². The highest BCUT2D eigenvalue weighted by molar-refractivity contribution is 6.18. The van der Waals surface area contributed by atoms with E-state index in [0.29, 0.717) is 28.0 Å². The minimum absolute atomic E-state index is 0.0865. The van der Waals surface area contributed by atoms with Gasteiger partial charge in [-0.15, -0.1) is 0 Å². The minimum Gasteiger partial charge on any atom is -0.497 e. The number of carbonyl (C=O) groups excluding carboxylic acids is 2. The molecule has 0 aliphatic rings. The van der Waals surface area contributed by atoms with Crippen LogP contribution < -0.4 is 10.1 Å². The molecule has 5 nitrogen and oxygen atoms in total. The van der Waals surface area contributed by atoms with Crippen molar-refractivity contribution < 1.29 is 18.7 Å². The number of carbonyl (C=O) groups is 2. The summed E-state index contributed by atoms with van der Waals surface area (Å²) in [6, 6.07) is 21.8. The number of hydrogen-bond donors (Lipinski definition) is 1. The van der Waals surface area contributed by atoms with Gasteiger partial charge < -0.3 is 14.5 Å². The molecule has 4 rings (SSSR count). The third-order valence-corrected chi connectivity index (χ3v) is 4.91. The number of furan rings is 1. The summed E-state index contributed by atoms with van der Waals surface area (Å²) >= 11 is 0. The van der Waals surface area contributed by atoms with E-state index in [2.05, 4.69) is 5.32 Å². The van der Waals surface area contributed by atoms with Gasteiger partial charge in [0.05, 0.1) is 12.8 Å². The summed E-state index contributed by atoms with van der Waals surface area (Å²) in [5, 5.41) is 3.49. The summed E-state index contributed by atoms with van der Waals surface area (Å²) in [6.45, 7) is 2.01. The number of hydrogen-bond acceptors (Lipinski definition) is 4. The third-order valence-electron chi connectivity index (χ3n) is 4.91. The summed E-state index contributed by atoms with van der Waals surface area (Å²) in [5.41, 5.74) is 3.37. The zero-order valence-corrected chi connectivity index (χ0v) is 17.2. The Morgan fingerprint density at radius 2 is 1.65 bits per heavy atom. The number of methoxy groups -OCH3 is 1. The van der Waals surface area contributed by atoms with Crippen LogP contribution in [0.2, 0.25) is 0 Å². The number of benzene rings is 3. The molecule has 0 fully saturated rings. The molecule has 1 heterocycles. The van der Waals surface area contributed by atoms with E-state index in [4.69, 9.17) is 9.15 Å². The summed E-state index contributed by atoms with van der Waals surface area (Å²) in [4.78, 5) is 25.7. The fraction of sp³-hybridized carbons (Fsp3) is 0.0769. The molecule has 5 heteroatoms. The second kappa shape index (κ2) is 8.71. The first kappa shape index (κ1) is 20.2. The molecule has 0 aliphatic heterocycles. The van der Waals surface area contributed by atoms with Crippen LogP contribution in [0.4, 0.5) is 5.69 Å². The summed E-state index contributed by atoms with van der Waals surface area (Å²) in [5.74, 6) is 0.0620. The molecule has 0 spiro atoms. The molecule has 0 saturated carbocycles. The van der Waals surface area contributed by atoms with Crippen LogP contribution >= 0.6 is 0 Å². The molecule has 1 amide bonds. The predicted octanol–water partition coefficient (Wildman–Crippen LogP) is 5.63. The first-order valence-electron chi connectivity index (χ1n) is 9.81. The number of amides is 1. The van der Waals surface area contributed by atoms with Gasteiger partial charge in [-0.1, -0.05) is 42.0 Å². The van der Waals surface area contributed by atoms with Gasteiger partial charge in [-0.05, 0) is 55.0 Å². The number of para-hydroxylation sites is 1. The van der Waals surface area contributed by atoms with Crippen LogP contribution in [0.3, 0.4) is 0 Å². The van der Waals surface area contributed by atoms with Crippen LogP contribution in [0.5, 0.6) is 5.75 Å². The Morgan fingerprint density at radius 1 is 0.935 bits per heavy atom. The molecule has 31 heavy (non-hydrogen) atoms. The lowest BCUT2D eigenvalue weighted by molar-refractivity contribution is -0.111. The van der Waals surface area contributed by atoms with Crippen LogP contribution in [0, 0.1) is 6.92 Å². The standard InChI is InChI=1S/C26H21NO4/c1-17-7-9-18(10-8-17)11-16-23(28)27-24-21-5-3-4-6-22(21)31-26(24)25(29)19-12-14-20(30-2)15-13-19/h3-16H,1-2H3,(H,27,28)/b16-11+. The Balaban J connectivity index is 1.65. The van der Waals surface area contributed by atoms with Gasteiger partial charge in [0.15, 0.2) is 5.76 Å². The Labute approximate surface area is 180 Å². The minimum atomic E-state index is -0.351. The molecule has 154 valence electrons. The fourth-order valence-electron chi connectivity index (χ4n) is 3.22. The van der Waals surface area contributed by atoms with E-state index in [1.54, 1.807) is 43.5 Å². The quantitative estimate of drug-likeness (QED) is 0.330. The molecule has 4 aromatic rings. The van der Waals surface area contributed by atoms with Gasteiger partial charge in [-0.2, -0.15) is 0 Å². The molecule has 1 N–H and O–H groups in total. The molecule has 0 saturated heterocycles. The highest BCUT2D eigenvalue weighted by Gasteiger charge is 2.23. The number of aryl methyl sites for hydroxylation is 1. The number of anilines is 1. The molecule has 0 atom stereocenters. The van der Waals surface area contributed by atoms with Crippen LogP contribution in [-0.4, -0.2) is 18.8 Å². The Hall–Kier alpha value is -4.12. The van der Waals surface area contributed by atoms with Crippen molar-refractivity contribution in [1.82, 2.24) is 0 Å². The van der Waals surface area contributed by atoms with Crippen molar-refractivity contribution in [1.29, 1.82) is 0 Å². The highest BCUT2D eigenvalue weighted by Crippen LogP contribution is 2.32. The summed E-state index contributed by atoms with van der Waals surface area (Å²) < 4.78 is 11.0. The molecule has 0 bridgehead atoms. The van der Waals surface area contributed by atoms with Gasteiger partial charge in [0.2, 0.25) is 11.7 Å². The Morgan fingerprint density at radius 3 is 2.35 bits per heavy atom. The van der Waals surface area contributed by atoms with Gasteiger partial charge in [0.25, 0.3) is 0 Å². The zero-order chi connectivity index (χ0) is 21.8. The molecule has 0 aliphatic carbocycles. The SMILES string of the molecule is COc1ccc(C(=O)c2oc3ccccc3c2NC(=O)/C=C/c2ccc(C)cc2)cc1. The average molecular weight is 411 g/mol. The molecule has 0 unspecified atom stereocenters. The predicted molar refractivity (Wildman–Crippen MR) is 121 cm³/mol. The normalized spacial score (nSPS) is 11.0. The maximum atomic E-state index is 13.1. The fourth-order valence-corrected chi connectivity index (χ4v) is 3.22. The number of ketones is 1. The summed E-state index contributed by atoms with van der Waals surface area (Å²) in [6.07, 6.45) is 3.16. The molecular weight excluding hydrogens is 390 g/mol. The van der Waals surface area contributed by atoms with Crippen molar-refractivity contribution in [2.24, 2.45) is 0 Å². The zero-order valence-electron chi connectivity index (χ0n) is 17.2. The Kier molecular flexibility index (Phi) is 5.67. The van der Waals surface area contributed by atoms with Crippen molar-refractivity contribution in [3.8, 4) is 5.75 Å². The van der Waals surface area contributed by atoms with Gasteiger partial charge in [0, 0.05) is 17.0 Å². The number of rotatable bonds is 6. The maximum Gasteiger partial charge on any atom is 0.248 e. The lowest BCUT2D eigenvalue weighted by Gasteiger charge is -2.05. The third kappa shape index (κ3) is 4.41. The van der Waals surface area contributed by atoms with Crippen LogP contribution in [0.1, 0.15) is 27.2 Å². The van der Waals surface area contributed by atoms with E-state index in [-0.39, 0.29) is 17.5 Å². The first-order chi connectivity index (χ1) is 15.0. The monoisotopic (exact) mass is 411 g/mol. The number of nitrogens with one attached hydrogen (secondary N) is 1. The smallest absolute Gasteiger partial charge is 0.248 e. The van der Waals surface area contributed by atoms with Crippen molar-refractivity contribution in [3.05, 3.63) is 101 Å². The van der Waals surface area contributed by atoms with Crippen LogP contribution in [0.25, 0.3) is 17.0 Å². The van der Waals surface area contributed by atoms with E-state index in [0.717, 1.165) is 11.1 Å². The van der Waals surface area contributed by atoms with Crippen molar-refractivity contribution in [3.63, 3.8) is 0 Å². The first-order valence-corrected chi connectivity index (χ1v) is 9.81.